The Morgan fingerprint density at radius 3 is 2.40 bits per heavy atom. The van der Waals surface area contributed by atoms with Crippen molar-refractivity contribution < 1.29 is 9.66 Å². The van der Waals surface area contributed by atoms with Gasteiger partial charge in [-0.1, -0.05) is 12.1 Å². The fourth-order valence-corrected chi connectivity index (χ4v) is 1.87. The number of unbranched alkanes of at least 4 members (excludes halogenated alkanes) is 1. The van der Waals surface area contributed by atoms with Crippen LogP contribution in [0.1, 0.15) is 45.2 Å². The Labute approximate surface area is 120 Å². The number of non-ortho nitro benzene ring substituents is 1. The third-order valence-electron chi connectivity index (χ3n) is 3.08. The first-order chi connectivity index (χ1) is 9.50. The molecule has 112 valence electrons. The average molecular weight is 280 g/mol. The van der Waals surface area contributed by atoms with Gasteiger partial charge in [0.15, 0.2) is 0 Å². The van der Waals surface area contributed by atoms with Crippen molar-refractivity contribution in [2.24, 2.45) is 0 Å². The first-order valence-electron chi connectivity index (χ1n) is 7.10. The molecule has 1 rings (SSSR count). The van der Waals surface area contributed by atoms with Gasteiger partial charge >= 0.3 is 0 Å². The van der Waals surface area contributed by atoms with Crippen molar-refractivity contribution in [2.75, 3.05) is 13.2 Å². The van der Waals surface area contributed by atoms with E-state index in [1.807, 2.05) is 13.8 Å². The van der Waals surface area contributed by atoms with E-state index in [1.54, 1.807) is 24.3 Å². The zero-order valence-corrected chi connectivity index (χ0v) is 12.5. The lowest BCUT2D eigenvalue weighted by Crippen LogP contribution is -2.20. The lowest BCUT2D eigenvalue weighted by atomic mass is 10.1. The van der Waals surface area contributed by atoms with Crippen molar-refractivity contribution in [1.82, 2.24) is 5.32 Å². The Kier molecular flexibility index (Phi) is 7.18. The molecule has 0 aliphatic carbocycles. The van der Waals surface area contributed by atoms with Crippen LogP contribution >= 0.6 is 0 Å². The summed E-state index contributed by atoms with van der Waals surface area (Å²) >= 11 is 0. The summed E-state index contributed by atoms with van der Waals surface area (Å²) in [6.07, 6.45) is 2.39. The van der Waals surface area contributed by atoms with E-state index in [-0.39, 0.29) is 16.7 Å². The summed E-state index contributed by atoms with van der Waals surface area (Å²) in [4.78, 5) is 10.2. The highest BCUT2D eigenvalue weighted by Crippen LogP contribution is 2.17. The maximum atomic E-state index is 10.6. The van der Waals surface area contributed by atoms with Gasteiger partial charge < -0.3 is 10.1 Å². The fraction of sp³-hybridized carbons (Fsp3) is 0.600. The topological polar surface area (TPSA) is 64.4 Å². The van der Waals surface area contributed by atoms with E-state index in [2.05, 4.69) is 12.2 Å². The van der Waals surface area contributed by atoms with Crippen molar-refractivity contribution >= 4 is 5.69 Å². The second-order valence-corrected chi connectivity index (χ2v) is 5.15. The molecular formula is C15H24N2O3. The smallest absolute Gasteiger partial charge is 0.269 e. The molecule has 0 amide bonds. The van der Waals surface area contributed by atoms with Crippen LogP contribution in [0.5, 0.6) is 0 Å². The van der Waals surface area contributed by atoms with E-state index in [0.717, 1.165) is 31.6 Å². The van der Waals surface area contributed by atoms with Gasteiger partial charge in [-0.05, 0) is 45.7 Å². The highest BCUT2D eigenvalue weighted by Gasteiger charge is 2.08. The number of hydrogen-bond acceptors (Lipinski definition) is 4. The summed E-state index contributed by atoms with van der Waals surface area (Å²) in [6.45, 7) is 7.85. The van der Waals surface area contributed by atoms with E-state index in [1.165, 1.54) is 0 Å². The molecule has 1 aromatic carbocycles. The largest absolute Gasteiger partial charge is 0.379 e. The zero-order chi connectivity index (χ0) is 15.0. The molecule has 0 bridgehead atoms. The first-order valence-corrected chi connectivity index (χ1v) is 7.10. The molecule has 1 atom stereocenters. The van der Waals surface area contributed by atoms with Crippen molar-refractivity contribution in [2.45, 2.75) is 45.8 Å². The molecule has 0 saturated heterocycles. The Morgan fingerprint density at radius 2 is 1.85 bits per heavy atom. The third-order valence-corrected chi connectivity index (χ3v) is 3.08. The van der Waals surface area contributed by atoms with Gasteiger partial charge in [0.1, 0.15) is 0 Å². The van der Waals surface area contributed by atoms with Crippen LogP contribution in [0, 0.1) is 10.1 Å². The summed E-state index contributed by atoms with van der Waals surface area (Å²) in [7, 11) is 0. The quantitative estimate of drug-likeness (QED) is 0.427. The van der Waals surface area contributed by atoms with Crippen LogP contribution in [0.15, 0.2) is 24.3 Å². The minimum absolute atomic E-state index is 0.131. The molecule has 5 nitrogen and oxygen atoms in total. The number of nitro benzene ring substituents is 1. The molecule has 0 radical (unpaired) electrons. The average Bonchev–Trinajstić information content (AvgIpc) is 2.42. The number of benzene rings is 1. The van der Waals surface area contributed by atoms with Crippen molar-refractivity contribution in [1.29, 1.82) is 0 Å². The molecule has 0 heterocycles. The van der Waals surface area contributed by atoms with Gasteiger partial charge in [-0.2, -0.15) is 0 Å². The molecule has 1 unspecified atom stereocenters. The van der Waals surface area contributed by atoms with E-state index in [9.17, 15) is 10.1 Å². The predicted octanol–water partition coefficient (Wildman–Crippen LogP) is 3.45. The zero-order valence-electron chi connectivity index (χ0n) is 12.5. The maximum absolute atomic E-state index is 10.6. The van der Waals surface area contributed by atoms with Gasteiger partial charge in [0.2, 0.25) is 0 Å². The molecule has 0 aliphatic heterocycles. The summed E-state index contributed by atoms with van der Waals surface area (Å²) in [5.74, 6) is 0. The lowest BCUT2D eigenvalue weighted by Gasteiger charge is -2.14. The van der Waals surface area contributed by atoms with Crippen LogP contribution in [-0.2, 0) is 4.74 Å². The Bertz CT molecular complexity index is 404. The molecule has 20 heavy (non-hydrogen) atoms. The highest BCUT2D eigenvalue weighted by molar-refractivity contribution is 5.33. The predicted molar refractivity (Wildman–Crippen MR) is 79.8 cm³/mol. The number of rotatable bonds is 9. The Hall–Kier alpha value is -1.46. The number of ether oxygens (including phenoxy) is 1. The molecule has 0 spiro atoms. The minimum Gasteiger partial charge on any atom is -0.379 e. The Morgan fingerprint density at radius 1 is 1.20 bits per heavy atom. The van der Waals surface area contributed by atoms with Gasteiger partial charge in [0.05, 0.1) is 11.0 Å². The lowest BCUT2D eigenvalue weighted by molar-refractivity contribution is -0.384. The standard InChI is InChI=1S/C15H24N2O3/c1-12(2)20-11-5-4-10-16-13(3)14-6-8-15(9-7-14)17(18)19/h6-9,12-13,16H,4-5,10-11H2,1-3H3. The SMILES string of the molecule is CC(C)OCCCCNC(C)c1ccc([N+](=O)[O-])cc1. The molecule has 5 heteroatoms. The maximum Gasteiger partial charge on any atom is 0.269 e. The van der Waals surface area contributed by atoms with Crippen LogP contribution in [0.4, 0.5) is 5.69 Å². The third kappa shape index (κ3) is 6.12. The van der Waals surface area contributed by atoms with Gasteiger partial charge in [0.25, 0.3) is 5.69 Å². The van der Waals surface area contributed by atoms with E-state index >= 15 is 0 Å². The molecule has 0 fully saturated rings. The van der Waals surface area contributed by atoms with Gasteiger partial charge in [0, 0.05) is 24.8 Å². The Balaban J connectivity index is 2.25. The number of hydrogen-bond donors (Lipinski definition) is 1. The second-order valence-electron chi connectivity index (χ2n) is 5.15. The minimum atomic E-state index is -0.378. The fourth-order valence-electron chi connectivity index (χ4n) is 1.87. The van der Waals surface area contributed by atoms with Crippen molar-refractivity contribution in [3.05, 3.63) is 39.9 Å². The van der Waals surface area contributed by atoms with Gasteiger partial charge in [-0.25, -0.2) is 0 Å². The van der Waals surface area contributed by atoms with Crippen molar-refractivity contribution in [3.8, 4) is 0 Å². The second kappa shape index (κ2) is 8.66. The van der Waals surface area contributed by atoms with E-state index < -0.39 is 0 Å². The summed E-state index contributed by atoms with van der Waals surface area (Å²) < 4.78 is 5.48. The monoisotopic (exact) mass is 280 g/mol. The van der Waals surface area contributed by atoms with E-state index in [0.29, 0.717) is 6.10 Å². The van der Waals surface area contributed by atoms with Crippen molar-refractivity contribution in [3.63, 3.8) is 0 Å². The van der Waals surface area contributed by atoms with Crippen LogP contribution in [0.2, 0.25) is 0 Å². The highest BCUT2D eigenvalue weighted by atomic mass is 16.6. The summed E-state index contributed by atoms with van der Waals surface area (Å²) in [5.41, 5.74) is 1.20. The van der Waals surface area contributed by atoms with Gasteiger partial charge in [-0.3, -0.25) is 10.1 Å². The molecular weight excluding hydrogens is 256 g/mol. The van der Waals surface area contributed by atoms with Crippen LogP contribution in [-0.4, -0.2) is 24.2 Å². The number of nitrogens with zero attached hydrogens (tertiary/aromatic N) is 1. The molecule has 0 saturated carbocycles. The molecule has 1 aromatic rings. The van der Waals surface area contributed by atoms with Crippen LogP contribution in [0.3, 0.4) is 0 Å². The van der Waals surface area contributed by atoms with Crippen LogP contribution in [0.25, 0.3) is 0 Å². The molecule has 0 aliphatic rings. The van der Waals surface area contributed by atoms with Gasteiger partial charge in [-0.15, -0.1) is 0 Å². The van der Waals surface area contributed by atoms with Crippen LogP contribution < -0.4 is 5.32 Å². The summed E-state index contributed by atoms with van der Waals surface area (Å²) in [6, 6.07) is 6.89. The normalized spacial score (nSPS) is 12.6. The molecule has 1 N–H and O–H groups in total. The summed E-state index contributed by atoms with van der Waals surface area (Å²) in [5, 5.41) is 14.0. The first kappa shape index (κ1) is 16.6. The number of nitrogens with one attached hydrogen (secondary N) is 1. The molecule has 0 aromatic heterocycles. The number of nitro groups is 1. The van der Waals surface area contributed by atoms with E-state index in [4.69, 9.17) is 4.74 Å².